The predicted octanol–water partition coefficient (Wildman–Crippen LogP) is 2.34. The lowest BCUT2D eigenvalue weighted by Gasteiger charge is -2.23. The van der Waals surface area contributed by atoms with Gasteiger partial charge in [-0.25, -0.2) is 0 Å². The Labute approximate surface area is 368 Å². The number of carboxylic acids is 1. The predicted molar refractivity (Wildman–Crippen MR) is 224 cm³/mol. The van der Waals surface area contributed by atoms with E-state index in [2.05, 4.69) is 0 Å². The molecular weight excluding hydrogens is 822 g/mol. The van der Waals surface area contributed by atoms with Gasteiger partial charge in [-0.05, 0) is 41.5 Å². The summed E-state index contributed by atoms with van der Waals surface area (Å²) < 4.78 is 76.4. The van der Waals surface area contributed by atoms with Crippen molar-refractivity contribution in [1.29, 1.82) is 0 Å². The van der Waals surface area contributed by atoms with Crippen molar-refractivity contribution in [2.45, 2.75) is 78.4 Å². The van der Waals surface area contributed by atoms with E-state index in [1.807, 2.05) is 41.5 Å². The Kier molecular flexibility index (Phi) is 39.4. The van der Waals surface area contributed by atoms with Crippen LogP contribution in [0.4, 0.5) is 0 Å². The lowest BCUT2D eigenvalue weighted by Crippen LogP contribution is -2.37. The minimum Gasteiger partial charge on any atom is -0.481 e. The molecule has 0 bridgehead atoms. The van der Waals surface area contributed by atoms with Crippen molar-refractivity contribution in [3.63, 3.8) is 0 Å². The van der Waals surface area contributed by atoms with Gasteiger partial charge < -0.3 is 76.3 Å². The number of rotatable bonds is 45. The van der Waals surface area contributed by atoms with Crippen LogP contribution in [0, 0.1) is 0 Å². The lowest BCUT2D eigenvalue weighted by molar-refractivity contribution is -0.157. The maximum absolute atomic E-state index is 13.0. The fourth-order valence-corrected chi connectivity index (χ4v) is 4.57. The standard InChI is InChI=1S/C42H79NO19/c1-41(2,3)61-39(47)9-15-51-21-27-57-33-35-59-29-23-53-17-11-43(37(44)7-13-49-19-25-55-31-32-56-26-20-50-14-8-38(45)46)12-18-54-24-30-60-36-34-58-28-22-52-16-10-40(48)62-42(4,5)6/h7-36H2,1-6H3,(H,45,46). The van der Waals surface area contributed by atoms with Crippen molar-refractivity contribution in [1.82, 2.24) is 4.90 Å². The highest BCUT2D eigenvalue weighted by atomic mass is 16.6. The van der Waals surface area contributed by atoms with E-state index in [0.29, 0.717) is 145 Å². The largest absolute Gasteiger partial charge is 0.481 e. The zero-order valence-electron chi connectivity index (χ0n) is 38.5. The van der Waals surface area contributed by atoms with Gasteiger partial charge in [-0.15, -0.1) is 0 Å². The van der Waals surface area contributed by atoms with E-state index in [0.717, 1.165) is 0 Å². The average molecular weight is 902 g/mol. The Bertz CT molecular complexity index is 1030. The molecule has 0 aliphatic heterocycles. The number of ether oxygens (including phenoxy) is 14. The second kappa shape index (κ2) is 41.1. The SMILES string of the molecule is CC(C)(C)OC(=O)CCOCCOCCOCCOCCN(CCOCCOCCOCCOCCC(=O)OC(C)(C)C)C(=O)CCOCCOCCOCCOCCC(=O)O. The van der Waals surface area contributed by atoms with Crippen molar-refractivity contribution in [3.05, 3.63) is 0 Å². The van der Waals surface area contributed by atoms with Gasteiger partial charge in [0, 0.05) is 13.1 Å². The highest BCUT2D eigenvalue weighted by Gasteiger charge is 2.17. The van der Waals surface area contributed by atoms with E-state index in [1.165, 1.54) is 0 Å². The highest BCUT2D eigenvalue weighted by molar-refractivity contribution is 5.76. The van der Waals surface area contributed by atoms with Gasteiger partial charge in [0.15, 0.2) is 0 Å². The highest BCUT2D eigenvalue weighted by Crippen LogP contribution is 2.09. The minimum atomic E-state index is -0.904. The Morgan fingerprint density at radius 3 is 0.823 bits per heavy atom. The summed E-state index contributed by atoms with van der Waals surface area (Å²) >= 11 is 0. The van der Waals surface area contributed by atoms with Crippen molar-refractivity contribution in [2.75, 3.05) is 172 Å². The average Bonchev–Trinajstić information content (AvgIpc) is 3.18. The molecule has 0 aromatic rings. The van der Waals surface area contributed by atoms with Crippen LogP contribution in [0.2, 0.25) is 0 Å². The van der Waals surface area contributed by atoms with Gasteiger partial charge in [-0.1, -0.05) is 0 Å². The molecule has 0 atom stereocenters. The molecule has 0 aromatic carbocycles. The van der Waals surface area contributed by atoms with E-state index in [4.69, 9.17) is 71.4 Å². The maximum Gasteiger partial charge on any atom is 0.308 e. The first kappa shape index (κ1) is 59.4. The maximum atomic E-state index is 13.0. The number of hydrogen-bond donors (Lipinski definition) is 1. The summed E-state index contributed by atoms with van der Waals surface area (Å²) in [5.41, 5.74) is -1.02. The lowest BCUT2D eigenvalue weighted by atomic mass is 10.2. The van der Waals surface area contributed by atoms with Gasteiger partial charge in [-0.3, -0.25) is 19.2 Å². The van der Waals surface area contributed by atoms with E-state index in [-0.39, 0.29) is 70.0 Å². The second-order valence-electron chi connectivity index (χ2n) is 15.3. The Morgan fingerprint density at radius 1 is 0.339 bits per heavy atom. The molecule has 0 heterocycles. The third-order valence-corrected chi connectivity index (χ3v) is 7.37. The van der Waals surface area contributed by atoms with Crippen LogP contribution in [0.25, 0.3) is 0 Å². The van der Waals surface area contributed by atoms with Crippen LogP contribution in [0.5, 0.6) is 0 Å². The van der Waals surface area contributed by atoms with Gasteiger partial charge in [0.05, 0.1) is 184 Å². The van der Waals surface area contributed by atoms with Crippen LogP contribution < -0.4 is 0 Å². The summed E-state index contributed by atoms with van der Waals surface area (Å²) in [5.74, 6) is -1.59. The number of nitrogens with zero attached hydrogens (tertiary/aromatic N) is 1. The molecule has 1 amide bonds. The first-order valence-electron chi connectivity index (χ1n) is 21.6. The molecule has 0 rings (SSSR count). The quantitative estimate of drug-likeness (QED) is 0.0685. The van der Waals surface area contributed by atoms with Gasteiger partial charge in [0.2, 0.25) is 5.91 Å². The molecule has 20 heteroatoms. The zero-order valence-corrected chi connectivity index (χ0v) is 38.5. The molecule has 0 aliphatic carbocycles. The van der Waals surface area contributed by atoms with E-state index < -0.39 is 17.2 Å². The summed E-state index contributed by atoms with van der Waals surface area (Å²) in [6.07, 6.45) is 0.522. The van der Waals surface area contributed by atoms with Gasteiger partial charge in [0.25, 0.3) is 0 Å². The molecule has 62 heavy (non-hydrogen) atoms. The van der Waals surface area contributed by atoms with E-state index in [1.54, 1.807) is 4.90 Å². The molecule has 0 fully saturated rings. The third-order valence-electron chi connectivity index (χ3n) is 7.37. The van der Waals surface area contributed by atoms with Crippen LogP contribution in [0.15, 0.2) is 0 Å². The van der Waals surface area contributed by atoms with Gasteiger partial charge in [0.1, 0.15) is 11.2 Å². The molecule has 0 aliphatic rings. The number of aliphatic carboxylic acids is 1. The Morgan fingerprint density at radius 2 is 0.565 bits per heavy atom. The normalized spacial score (nSPS) is 11.8. The third kappa shape index (κ3) is 46.9. The van der Waals surface area contributed by atoms with Gasteiger partial charge >= 0.3 is 17.9 Å². The first-order valence-corrected chi connectivity index (χ1v) is 21.6. The fourth-order valence-electron chi connectivity index (χ4n) is 4.57. The zero-order chi connectivity index (χ0) is 46.0. The smallest absolute Gasteiger partial charge is 0.308 e. The molecule has 0 unspecified atom stereocenters. The van der Waals surface area contributed by atoms with Crippen LogP contribution in [0.1, 0.15) is 67.2 Å². The Hall–Kier alpha value is -2.60. The van der Waals surface area contributed by atoms with Crippen molar-refractivity contribution < 1.29 is 90.6 Å². The van der Waals surface area contributed by atoms with Gasteiger partial charge in [-0.2, -0.15) is 0 Å². The van der Waals surface area contributed by atoms with Crippen molar-refractivity contribution >= 4 is 23.8 Å². The molecule has 0 aromatic heterocycles. The van der Waals surface area contributed by atoms with Crippen LogP contribution in [-0.2, 0) is 85.5 Å². The number of carboxylic acid groups (broad SMARTS) is 1. The van der Waals surface area contributed by atoms with Crippen LogP contribution in [-0.4, -0.2) is 217 Å². The number of amides is 1. The summed E-state index contributed by atoms with van der Waals surface area (Å²) in [6, 6.07) is 0. The molecular formula is C42H79NO19. The number of esters is 2. The van der Waals surface area contributed by atoms with Crippen LogP contribution >= 0.6 is 0 Å². The van der Waals surface area contributed by atoms with E-state index in [9.17, 15) is 19.2 Å². The summed E-state index contributed by atoms with van der Waals surface area (Å²) in [4.78, 5) is 48.6. The second-order valence-corrected chi connectivity index (χ2v) is 15.3. The van der Waals surface area contributed by atoms with Crippen molar-refractivity contribution in [3.8, 4) is 0 Å². The molecule has 20 nitrogen and oxygen atoms in total. The fraction of sp³-hybridized carbons (Fsp3) is 0.905. The number of carbonyl (C=O) groups excluding carboxylic acids is 3. The molecule has 366 valence electrons. The number of carbonyl (C=O) groups is 4. The number of hydrogen-bond acceptors (Lipinski definition) is 18. The Balaban J connectivity index is 4.19. The molecule has 1 N–H and O–H groups in total. The molecule has 0 radical (unpaired) electrons. The topological polar surface area (TPSA) is 221 Å². The summed E-state index contributed by atoms with van der Waals surface area (Å²) in [5, 5.41) is 8.58. The van der Waals surface area contributed by atoms with Crippen LogP contribution in [0.3, 0.4) is 0 Å². The monoisotopic (exact) mass is 902 g/mol. The van der Waals surface area contributed by atoms with E-state index >= 15 is 0 Å². The first-order chi connectivity index (χ1) is 29.7. The summed E-state index contributed by atoms with van der Waals surface area (Å²) in [6.45, 7) is 19.8. The molecule has 0 spiro atoms. The molecule has 0 saturated heterocycles. The summed E-state index contributed by atoms with van der Waals surface area (Å²) in [7, 11) is 0. The molecule has 0 saturated carbocycles. The van der Waals surface area contributed by atoms with Crippen molar-refractivity contribution in [2.24, 2.45) is 0 Å². The minimum absolute atomic E-state index is 0.0413.